The number of ether oxygens (including phenoxy) is 2. The van der Waals surface area contributed by atoms with Gasteiger partial charge in [0.2, 0.25) is 0 Å². The molecule has 4 nitrogen and oxygen atoms in total. The Kier molecular flexibility index (Phi) is 14.2. The Morgan fingerprint density at radius 1 is 0.778 bits per heavy atom. The molecule has 0 aromatic heterocycles. The van der Waals surface area contributed by atoms with Crippen LogP contribution in [-0.4, -0.2) is 24.6 Å². The molecular formula is C23H42O4. The average molecular weight is 383 g/mol. The van der Waals surface area contributed by atoms with Crippen LogP contribution in [0.1, 0.15) is 117 Å². The number of esters is 2. The van der Waals surface area contributed by atoms with Gasteiger partial charge in [-0.05, 0) is 31.6 Å². The molecule has 0 radical (unpaired) electrons. The Bertz CT molecular complexity index is 394. The first kappa shape index (κ1) is 24.0. The number of rotatable bonds is 15. The van der Waals surface area contributed by atoms with Gasteiger partial charge in [-0.1, -0.05) is 78.1 Å². The van der Waals surface area contributed by atoms with Gasteiger partial charge in [0.15, 0.2) is 0 Å². The molecule has 0 heterocycles. The van der Waals surface area contributed by atoms with Crippen LogP contribution in [0.25, 0.3) is 0 Å². The molecule has 0 spiro atoms. The van der Waals surface area contributed by atoms with E-state index < -0.39 is 0 Å². The summed E-state index contributed by atoms with van der Waals surface area (Å²) < 4.78 is 10.7. The molecule has 0 saturated heterocycles. The Hall–Kier alpha value is -1.06. The Morgan fingerprint density at radius 3 is 1.96 bits per heavy atom. The van der Waals surface area contributed by atoms with Gasteiger partial charge in [0, 0.05) is 0 Å². The van der Waals surface area contributed by atoms with E-state index in [1.54, 1.807) is 0 Å². The molecule has 1 fully saturated rings. The van der Waals surface area contributed by atoms with E-state index in [4.69, 9.17) is 9.47 Å². The van der Waals surface area contributed by atoms with E-state index in [2.05, 4.69) is 13.8 Å². The third-order valence-electron chi connectivity index (χ3n) is 5.61. The van der Waals surface area contributed by atoms with Crippen molar-refractivity contribution in [2.45, 2.75) is 123 Å². The Labute approximate surface area is 166 Å². The first-order valence-electron chi connectivity index (χ1n) is 11.5. The van der Waals surface area contributed by atoms with Crippen molar-refractivity contribution in [1.29, 1.82) is 0 Å². The summed E-state index contributed by atoms with van der Waals surface area (Å²) in [4.78, 5) is 23.6. The minimum Gasteiger partial charge on any atom is -0.466 e. The van der Waals surface area contributed by atoms with E-state index in [9.17, 15) is 9.59 Å². The summed E-state index contributed by atoms with van der Waals surface area (Å²) in [6, 6.07) is 0. The molecule has 0 aliphatic heterocycles. The van der Waals surface area contributed by atoms with Crippen molar-refractivity contribution in [2.24, 2.45) is 5.92 Å². The lowest BCUT2D eigenvalue weighted by Crippen LogP contribution is -2.28. The van der Waals surface area contributed by atoms with Gasteiger partial charge in [-0.2, -0.15) is 0 Å². The summed E-state index contributed by atoms with van der Waals surface area (Å²) in [5.74, 6) is -0.102. The van der Waals surface area contributed by atoms with E-state index in [0.29, 0.717) is 12.5 Å². The fourth-order valence-corrected chi connectivity index (χ4v) is 3.74. The first-order valence-corrected chi connectivity index (χ1v) is 11.5. The lowest BCUT2D eigenvalue weighted by Gasteiger charge is -2.28. The molecular weight excluding hydrogens is 340 g/mol. The second kappa shape index (κ2) is 15.9. The zero-order valence-electron chi connectivity index (χ0n) is 17.8. The van der Waals surface area contributed by atoms with Crippen molar-refractivity contribution in [3.05, 3.63) is 0 Å². The van der Waals surface area contributed by atoms with Crippen LogP contribution in [0, 0.1) is 5.92 Å². The quantitative estimate of drug-likeness (QED) is 0.244. The number of carbonyl (C=O) groups excluding carboxylic acids is 2. The SMILES string of the molecule is CCCCCCCCCCCCOC(=O)CCC(=O)OC1CCCCC1C. The van der Waals surface area contributed by atoms with Crippen LogP contribution in [0.5, 0.6) is 0 Å². The predicted octanol–water partition coefficient (Wildman–Crippen LogP) is 6.35. The van der Waals surface area contributed by atoms with Crippen molar-refractivity contribution >= 4 is 11.9 Å². The maximum Gasteiger partial charge on any atom is 0.306 e. The lowest BCUT2D eigenvalue weighted by molar-refractivity contribution is -0.156. The van der Waals surface area contributed by atoms with Gasteiger partial charge in [-0.3, -0.25) is 9.59 Å². The highest BCUT2D eigenvalue weighted by atomic mass is 16.5. The number of hydrogen-bond acceptors (Lipinski definition) is 4. The maximum absolute atomic E-state index is 11.9. The largest absolute Gasteiger partial charge is 0.466 e. The lowest BCUT2D eigenvalue weighted by atomic mass is 9.88. The van der Waals surface area contributed by atoms with Crippen LogP contribution in [0.15, 0.2) is 0 Å². The van der Waals surface area contributed by atoms with Crippen molar-refractivity contribution in [3.63, 3.8) is 0 Å². The minimum atomic E-state index is -0.278. The van der Waals surface area contributed by atoms with E-state index in [1.807, 2.05) is 0 Å². The van der Waals surface area contributed by atoms with Gasteiger partial charge in [0.25, 0.3) is 0 Å². The topological polar surface area (TPSA) is 52.6 Å². The van der Waals surface area contributed by atoms with E-state index >= 15 is 0 Å². The summed E-state index contributed by atoms with van der Waals surface area (Å²) in [7, 11) is 0. The molecule has 1 aliphatic carbocycles. The zero-order chi connectivity index (χ0) is 19.7. The normalized spacial score (nSPS) is 19.6. The van der Waals surface area contributed by atoms with Gasteiger partial charge in [-0.25, -0.2) is 0 Å². The van der Waals surface area contributed by atoms with Crippen LogP contribution >= 0.6 is 0 Å². The predicted molar refractivity (Wildman–Crippen MR) is 110 cm³/mol. The van der Waals surface area contributed by atoms with E-state index in [0.717, 1.165) is 32.1 Å². The summed E-state index contributed by atoms with van der Waals surface area (Å²) in [5.41, 5.74) is 0. The summed E-state index contributed by atoms with van der Waals surface area (Å²) in [6.45, 7) is 4.86. The standard InChI is InChI=1S/C23H42O4/c1-3-4-5-6-7-8-9-10-11-14-19-26-22(24)17-18-23(25)27-21-16-13-12-15-20(21)2/h20-21H,3-19H2,1-2H3. The van der Waals surface area contributed by atoms with Crippen LogP contribution in [-0.2, 0) is 19.1 Å². The van der Waals surface area contributed by atoms with Crippen LogP contribution in [0.4, 0.5) is 0 Å². The van der Waals surface area contributed by atoms with Gasteiger partial charge < -0.3 is 9.47 Å². The first-order chi connectivity index (χ1) is 13.1. The summed E-state index contributed by atoms with van der Waals surface area (Å²) >= 11 is 0. The van der Waals surface area contributed by atoms with Gasteiger partial charge in [0.05, 0.1) is 19.4 Å². The molecule has 4 heteroatoms. The highest BCUT2D eigenvalue weighted by Crippen LogP contribution is 2.26. The van der Waals surface area contributed by atoms with Gasteiger partial charge >= 0.3 is 11.9 Å². The van der Waals surface area contributed by atoms with Crippen molar-refractivity contribution in [3.8, 4) is 0 Å². The molecule has 2 atom stereocenters. The molecule has 158 valence electrons. The fraction of sp³-hybridized carbons (Fsp3) is 0.913. The third-order valence-corrected chi connectivity index (χ3v) is 5.61. The molecule has 1 saturated carbocycles. The van der Waals surface area contributed by atoms with E-state index in [1.165, 1.54) is 57.8 Å². The second-order valence-corrected chi connectivity index (χ2v) is 8.19. The van der Waals surface area contributed by atoms with Crippen molar-refractivity contribution in [1.82, 2.24) is 0 Å². The van der Waals surface area contributed by atoms with E-state index in [-0.39, 0.29) is 30.9 Å². The maximum atomic E-state index is 11.9. The molecule has 0 amide bonds. The molecule has 0 N–H and O–H groups in total. The fourth-order valence-electron chi connectivity index (χ4n) is 3.74. The number of hydrogen-bond donors (Lipinski definition) is 0. The Balaban J connectivity index is 1.90. The van der Waals surface area contributed by atoms with Crippen molar-refractivity contribution < 1.29 is 19.1 Å². The molecule has 0 bridgehead atoms. The molecule has 1 rings (SSSR count). The summed E-state index contributed by atoms with van der Waals surface area (Å²) in [6.07, 6.45) is 17.4. The average Bonchev–Trinajstić information content (AvgIpc) is 2.66. The summed E-state index contributed by atoms with van der Waals surface area (Å²) in [5, 5.41) is 0. The highest BCUT2D eigenvalue weighted by Gasteiger charge is 2.24. The zero-order valence-corrected chi connectivity index (χ0v) is 17.8. The smallest absolute Gasteiger partial charge is 0.306 e. The minimum absolute atomic E-state index is 0.0360. The van der Waals surface area contributed by atoms with Gasteiger partial charge in [-0.15, -0.1) is 0 Å². The number of unbranched alkanes of at least 4 members (excludes halogenated alkanes) is 9. The molecule has 0 aromatic rings. The Morgan fingerprint density at radius 2 is 1.33 bits per heavy atom. The van der Waals surface area contributed by atoms with Crippen LogP contribution in [0.2, 0.25) is 0 Å². The number of carbonyl (C=O) groups is 2. The highest BCUT2D eigenvalue weighted by molar-refractivity contribution is 5.77. The van der Waals surface area contributed by atoms with Gasteiger partial charge in [0.1, 0.15) is 6.10 Å². The third kappa shape index (κ3) is 12.9. The molecule has 27 heavy (non-hydrogen) atoms. The molecule has 2 unspecified atom stereocenters. The molecule has 1 aliphatic rings. The second-order valence-electron chi connectivity index (χ2n) is 8.19. The van der Waals surface area contributed by atoms with Crippen LogP contribution < -0.4 is 0 Å². The molecule has 0 aromatic carbocycles. The van der Waals surface area contributed by atoms with Crippen LogP contribution in [0.3, 0.4) is 0 Å². The van der Waals surface area contributed by atoms with Crippen molar-refractivity contribution in [2.75, 3.05) is 6.61 Å². The monoisotopic (exact) mass is 382 g/mol.